The summed E-state index contributed by atoms with van der Waals surface area (Å²) >= 11 is 0. The fraction of sp³-hybridized carbons (Fsp3) is 0.800. The minimum atomic E-state index is 0.449. The third-order valence-corrected chi connectivity index (χ3v) is 3.67. The van der Waals surface area contributed by atoms with Crippen LogP contribution >= 0.6 is 0 Å². The van der Waals surface area contributed by atoms with E-state index in [0.29, 0.717) is 6.04 Å². The molecule has 0 radical (unpaired) electrons. The lowest BCUT2D eigenvalue weighted by molar-refractivity contribution is 0.537. The van der Waals surface area contributed by atoms with Gasteiger partial charge in [-0.2, -0.15) is 5.10 Å². The van der Waals surface area contributed by atoms with Crippen LogP contribution in [0.15, 0.2) is 0 Å². The maximum Gasteiger partial charge on any atom is 0.0672 e. The summed E-state index contributed by atoms with van der Waals surface area (Å²) in [6.45, 7) is 9.98. The standard InChI is InChI=1S/C15H29N3/c1-6-10-11-18-14(9-4)15(12(7-2)16-5)13(8-3)17-18/h12,16H,6-11H2,1-5H3. The van der Waals surface area contributed by atoms with Gasteiger partial charge < -0.3 is 5.32 Å². The van der Waals surface area contributed by atoms with Crippen molar-refractivity contribution in [2.24, 2.45) is 0 Å². The van der Waals surface area contributed by atoms with E-state index in [0.717, 1.165) is 25.8 Å². The lowest BCUT2D eigenvalue weighted by Gasteiger charge is -2.16. The zero-order valence-corrected chi connectivity index (χ0v) is 12.7. The van der Waals surface area contributed by atoms with Gasteiger partial charge in [0.2, 0.25) is 0 Å². The van der Waals surface area contributed by atoms with Crippen molar-refractivity contribution in [3.05, 3.63) is 17.0 Å². The van der Waals surface area contributed by atoms with Crippen molar-refractivity contribution in [2.75, 3.05) is 7.05 Å². The van der Waals surface area contributed by atoms with Gasteiger partial charge in [0.05, 0.1) is 5.69 Å². The van der Waals surface area contributed by atoms with Crippen molar-refractivity contribution >= 4 is 0 Å². The van der Waals surface area contributed by atoms with Crippen LogP contribution in [0, 0.1) is 0 Å². The van der Waals surface area contributed by atoms with Crippen LogP contribution in [-0.2, 0) is 19.4 Å². The molecule has 0 aliphatic heterocycles. The molecule has 0 spiro atoms. The predicted octanol–water partition coefficient (Wildman–Crippen LogP) is 3.48. The minimum Gasteiger partial charge on any atom is -0.313 e. The van der Waals surface area contributed by atoms with Crippen LogP contribution < -0.4 is 5.32 Å². The first-order chi connectivity index (χ1) is 8.73. The summed E-state index contributed by atoms with van der Waals surface area (Å²) in [6.07, 6.45) is 5.66. The van der Waals surface area contributed by atoms with Crippen LogP contribution in [0.3, 0.4) is 0 Å². The lowest BCUT2D eigenvalue weighted by atomic mass is 9.99. The smallest absolute Gasteiger partial charge is 0.0672 e. The molecular formula is C15H29N3. The number of rotatable bonds is 8. The number of hydrogen-bond acceptors (Lipinski definition) is 2. The van der Waals surface area contributed by atoms with E-state index in [2.05, 4.69) is 44.7 Å². The first-order valence-corrected chi connectivity index (χ1v) is 7.48. The normalized spacial score (nSPS) is 12.9. The van der Waals surface area contributed by atoms with Gasteiger partial charge in [0, 0.05) is 23.8 Å². The van der Waals surface area contributed by atoms with Crippen LogP contribution in [0.25, 0.3) is 0 Å². The van der Waals surface area contributed by atoms with Gasteiger partial charge >= 0.3 is 0 Å². The van der Waals surface area contributed by atoms with Crippen LogP contribution in [-0.4, -0.2) is 16.8 Å². The zero-order chi connectivity index (χ0) is 13.5. The van der Waals surface area contributed by atoms with Crippen molar-refractivity contribution < 1.29 is 0 Å². The van der Waals surface area contributed by atoms with Crippen LogP contribution in [0.4, 0.5) is 0 Å². The Morgan fingerprint density at radius 2 is 1.89 bits per heavy atom. The monoisotopic (exact) mass is 251 g/mol. The summed E-state index contributed by atoms with van der Waals surface area (Å²) in [5.41, 5.74) is 4.17. The summed E-state index contributed by atoms with van der Waals surface area (Å²) in [4.78, 5) is 0. The second kappa shape index (κ2) is 7.57. The number of nitrogens with zero attached hydrogens (tertiary/aromatic N) is 2. The van der Waals surface area contributed by atoms with E-state index < -0.39 is 0 Å². The average Bonchev–Trinajstić information content (AvgIpc) is 2.75. The third-order valence-electron chi connectivity index (χ3n) is 3.67. The van der Waals surface area contributed by atoms with Crippen molar-refractivity contribution in [3.8, 4) is 0 Å². The SMILES string of the molecule is CCCCn1nc(CC)c(C(CC)NC)c1CC. The number of unbranched alkanes of at least 4 members (excludes halogenated alkanes) is 1. The van der Waals surface area contributed by atoms with Gasteiger partial charge in [-0.1, -0.05) is 34.1 Å². The average molecular weight is 251 g/mol. The molecule has 3 heteroatoms. The van der Waals surface area contributed by atoms with E-state index in [1.807, 2.05) is 0 Å². The Balaban J connectivity index is 3.15. The maximum absolute atomic E-state index is 4.83. The van der Waals surface area contributed by atoms with E-state index in [1.165, 1.54) is 29.8 Å². The second-order valence-electron chi connectivity index (χ2n) is 4.84. The fourth-order valence-corrected chi connectivity index (χ4v) is 2.65. The highest BCUT2D eigenvalue weighted by Gasteiger charge is 2.20. The Morgan fingerprint density at radius 1 is 1.17 bits per heavy atom. The summed E-state index contributed by atoms with van der Waals surface area (Å²) in [5, 5.41) is 8.26. The van der Waals surface area contributed by atoms with Gasteiger partial charge in [-0.25, -0.2) is 0 Å². The molecule has 18 heavy (non-hydrogen) atoms. The van der Waals surface area contributed by atoms with E-state index in [-0.39, 0.29) is 0 Å². The number of aryl methyl sites for hydroxylation is 2. The lowest BCUT2D eigenvalue weighted by Crippen LogP contribution is -2.18. The summed E-state index contributed by atoms with van der Waals surface area (Å²) in [7, 11) is 2.05. The summed E-state index contributed by atoms with van der Waals surface area (Å²) < 4.78 is 2.25. The molecule has 104 valence electrons. The maximum atomic E-state index is 4.83. The molecule has 3 nitrogen and oxygen atoms in total. The molecule has 1 aromatic rings. The fourth-order valence-electron chi connectivity index (χ4n) is 2.65. The molecule has 1 aromatic heterocycles. The molecule has 1 N–H and O–H groups in total. The Bertz CT molecular complexity index is 351. The molecule has 0 saturated heterocycles. The molecule has 0 amide bonds. The van der Waals surface area contributed by atoms with Gasteiger partial charge in [-0.15, -0.1) is 0 Å². The third kappa shape index (κ3) is 3.14. The van der Waals surface area contributed by atoms with E-state index in [1.54, 1.807) is 0 Å². The van der Waals surface area contributed by atoms with Crippen LogP contribution in [0.1, 0.15) is 70.0 Å². The first-order valence-electron chi connectivity index (χ1n) is 7.48. The molecule has 0 saturated carbocycles. The van der Waals surface area contributed by atoms with Crippen molar-refractivity contribution in [3.63, 3.8) is 0 Å². The Labute approximate surface area is 112 Å². The summed E-state index contributed by atoms with van der Waals surface area (Å²) in [5.74, 6) is 0. The van der Waals surface area contributed by atoms with Gasteiger partial charge in [0.25, 0.3) is 0 Å². The van der Waals surface area contributed by atoms with Gasteiger partial charge in [0.1, 0.15) is 0 Å². The molecule has 0 aliphatic rings. The van der Waals surface area contributed by atoms with Crippen molar-refractivity contribution in [2.45, 2.75) is 72.4 Å². The quantitative estimate of drug-likeness (QED) is 0.766. The number of hydrogen-bond donors (Lipinski definition) is 1. The van der Waals surface area contributed by atoms with E-state index in [4.69, 9.17) is 5.10 Å². The Kier molecular flexibility index (Phi) is 6.41. The first kappa shape index (κ1) is 15.2. The zero-order valence-electron chi connectivity index (χ0n) is 12.7. The molecule has 1 unspecified atom stereocenters. The largest absolute Gasteiger partial charge is 0.313 e. The van der Waals surface area contributed by atoms with Gasteiger partial charge in [-0.3, -0.25) is 4.68 Å². The molecular weight excluding hydrogens is 222 g/mol. The van der Waals surface area contributed by atoms with E-state index >= 15 is 0 Å². The molecule has 1 atom stereocenters. The molecule has 1 heterocycles. The highest BCUT2D eigenvalue weighted by atomic mass is 15.3. The Morgan fingerprint density at radius 3 is 2.33 bits per heavy atom. The van der Waals surface area contributed by atoms with Gasteiger partial charge in [0.15, 0.2) is 0 Å². The molecule has 1 rings (SSSR count). The summed E-state index contributed by atoms with van der Waals surface area (Å²) in [6, 6.07) is 0.449. The highest BCUT2D eigenvalue weighted by Crippen LogP contribution is 2.26. The number of nitrogens with one attached hydrogen (secondary N) is 1. The molecule has 0 fully saturated rings. The molecule has 0 aliphatic carbocycles. The minimum absolute atomic E-state index is 0.449. The van der Waals surface area contributed by atoms with Crippen molar-refractivity contribution in [1.82, 2.24) is 15.1 Å². The highest BCUT2D eigenvalue weighted by molar-refractivity contribution is 5.30. The van der Waals surface area contributed by atoms with Crippen LogP contribution in [0.5, 0.6) is 0 Å². The predicted molar refractivity (Wildman–Crippen MR) is 78.0 cm³/mol. The topological polar surface area (TPSA) is 29.9 Å². The van der Waals surface area contributed by atoms with Crippen LogP contribution in [0.2, 0.25) is 0 Å². The van der Waals surface area contributed by atoms with Gasteiger partial charge in [-0.05, 0) is 32.7 Å². The molecule has 0 aromatic carbocycles. The molecule has 0 bridgehead atoms. The van der Waals surface area contributed by atoms with E-state index in [9.17, 15) is 0 Å². The van der Waals surface area contributed by atoms with Crippen molar-refractivity contribution in [1.29, 1.82) is 0 Å². The Hall–Kier alpha value is -0.830. The number of aromatic nitrogens is 2. The second-order valence-corrected chi connectivity index (χ2v) is 4.84.